The topological polar surface area (TPSA) is 101 Å². The van der Waals surface area contributed by atoms with E-state index in [1.54, 1.807) is 0 Å². The fraction of sp³-hybridized carbons (Fsp3) is 0.600. The van der Waals surface area contributed by atoms with Gasteiger partial charge in [-0.15, -0.1) is 11.6 Å². The largest absolute Gasteiger partial charge is 0.481 e. The molecule has 1 unspecified atom stereocenters. The molecule has 1 atom stereocenters. The van der Waals surface area contributed by atoms with Crippen LogP contribution in [0.15, 0.2) is 0 Å². The smallest absolute Gasteiger partial charge is 0.306 e. The second-order valence-electron chi connectivity index (χ2n) is 2.10. The summed E-state index contributed by atoms with van der Waals surface area (Å²) < 4.78 is 0. The SMILES string of the molecule is NC(=O)C(O)(CCl)CC(=O)O. The molecule has 0 aliphatic carbocycles. The van der Waals surface area contributed by atoms with Crippen LogP contribution in [-0.4, -0.2) is 33.6 Å². The fourth-order valence-corrected chi connectivity index (χ4v) is 0.677. The summed E-state index contributed by atoms with van der Waals surface area (Å²) in [4.78, 5) is 20.5. The average Bonchev–Trinajstić information content (AvgIpc) is 1.86. The summed E-state index contributed by atoms with van der Waals surface area (Å²) in [5, 5.41) is 17.3. The number of rotatable bonds is 4. The van der Waals surface area contributed by atoms with Crippen LogP contribution < -0.4 is 5.73 Å². The van der Waals surface area contributed by atoms with Gasteiger partial charge in [-0.3, -0.25) is 9.59 Å². The van der Waals surface area contributed by atoms with E-state index in [4.69, 9.17) is 27.5 Å². The molecule has 0 heterocycles. The van der Waals surface area contributed by atoms with Crippen molar-refractivity contribution in [1.82, 2.24) is 0 Å². The molecule has 0 bridgehead atoms. The third-order valence-electron chi connectivity index (χ3n) is 1.12. The molecule has 5 nitrogen and oxygen atoms in total. The van der Waals surface area contributed by atoms with E-state index < -0.39 is 29.8 Å². The summed E-state index contributed by atoms with van der Waals surface area (Å²) in [7, 11) is 0. The summed E-state index contributed by atoms with van der Waals surface area (Å²) in [6.45, 7) is 0. The molecule has 6 heteroatoms. The van der Waals surface area contributed by atoms with Crippen LogP contribution in [0.4, 0.5) is 0 Å². The minimum atomic E-state index is -2.13. The van der Waals surface area contributed by atoms with E-state index >= 15 is 0 Å². The maximum absolute atomic E-state index is 10.4. The minimum absolute atomic E-state index is 0.519. The number of alkyl halides is 1. The Kier molecular flexibility index (Phi) is 3.28. The maximum atomic E-state index is 10.4. The highest BCUT2D eigenvalue weighted by Crippen LogP contribution is 2.11. The highest BCUT2D eigenvalue weighted by Gasteiger charge is 2.35. The van der Waals surface area contributed by atoms with Crippen LogP contribution in [0.5, 0.6) is 0 Å². The molecule has 4 N–H and O–H groups in total. The molecule has 0 spiro atoms. The molecule has 0 saturated carbocycles. The van der Waals surface area contributed by atoms with Gasteiger partial charge in [-0.1, -0.05) is 0 Å². The number of amides is 1. The van der Waals surface area contributed by atoms with Crippen LogP contribution in [0.3, 0.4) is 0 Å². The average molecular weight is 182 g/mol. The van der Waals surface area contributed by atoms with Crippen molar-refractivity contribution in [3.8, 4) is 0 Å². The molecular formula is C5H8ClNO4. The molecule has 0 aromatic carbocycles. The van der Waals surface area contributed by atoms with E-state index in [9.17, 15) is 9.59 Å². The first kappa shape index (κ1) is 10.2. The standard InChI is InChI=1S/C5H8ClNO4/c6-2-5(11,4(7)10)1-3(8)9/h11H,1-2H2,(H2,7,10)(H,8,9). The molecule has 0 rings (SSSR count). The molecule has 1 amide bonds. The molecule has 0 fully saturated rings. The minimum Gasteiger partial charge on any atom is -0.481 e. The summed E-state index contributed by atoms with van der Waals surface area (Å²) in [5.41, 5.74) is 2.56. The first-order valence-electron chi connectivity index (χ1n) is 2.72. The lowest BCUT2D eigenvalue weighted by atomic mass is 10.0. The highest BCUT2D eigenvalue weighted by atomic mass is 35.5. The molecule has 64 valence electrons. The summed E-state index contributed by atoms with van der Waals surface area (Å²) in [5.74, 6) is -2.98. The van der Waals surface area contributed by atoms with Crippen molar-refractivity contribution in [3.63, 3.8) is 0 Å². The van der Waals surface area contributed by atoms with Crippen LogP contribution in [-0.2, 0) is 9.59 Å². The Morgan fingerprint density at radius 2 is 2.00 bits per heavy atom. The fourth-order valence-electron chi connectivity index (χ4n) is 0.450. The predicted molar refractivity (Wildman–Crippen MR) is 37.1 cm³/mol. The third kappa shape index (κ3) is 2.73. The van der Waals surface area contributed by atoms with Crippen molar-refractivity contribution < 1.29 is 19.8 Å². The number of primary amides is 1. The summed E-state index contributed by atoms with van der Waals surface area (Å²) in [6, 6.07) is 0. The highest BCUT2D eigenvalue weighted by molar-refractivity contribution is 6.20. The van der Waals surface area contributed by atoms with Crippen molar-refractivity contribution >= 4 is 23.5 Å². The van der Waals surface area contributed by atoms with E-state index in [0.717, 1.165) is 0 Å². The molecule has 11 heavy (non-hydrogen) atoms. The van der Waals surface area contributed by atoms with Crippen molar-refractivity contribution in [3.05, 3.63) is 0 Å². The van der Waals surface area contributed by atoms with Gasteiger partial charge >= 0.3 is 5.97 Å². The number of carboxylic acid groups (broad SMARTS) is 1. The van der Waals surface area contributed by atoms with Gasteiger partial charge in [0, 0.05) is 0 Å². The first-order chi connectivity index (χ1) is 4.92. The summed E-state index contributed by atoms with van der Waals surface area (Å²) in [6.07, 6.45) is -0.772. The maximum Gasteiger partial charge on any atom is 0.306 e. The first-order valence-corrected chi connectivity index (χ1v) is 3.26. The van der Waals surface area contributed by atoms with E-state index in [1.165, 1.54) is 0 Å². The second kappa shape index (κ2) is 3.54. The van der Waals surface area contributed by atoms with Gasteiger partial charge in [-0.05, 0) is 0 Å². The number of hydrogen-bond donors (Lipinski definition) is 3. The zero-order valence-electron chi connectivity index (χ0n) is 5.58. The van der Waals surface area contributed by atoms with Crippen molar-refractivity contribution in [2.75, 3.05) is 5.88 Å². The van der Waals surface area contributed by atoms with E-state index in [2.05, 4.69) is 0 Å². The summed E-state index contributed by atoms with van der Waals surface area (Å²) >= 11 is 5.13. The number of aliphatic carboxylic acids is 1. The number of carboxylic acids is 1. The van der Waals surface area contributed by atoms with Gasteiger partial charge in [-0.25, -0.2) is 0 Å². The Bertz CT molecular complexity index is 183. The van der Waals surface area contributed by atoms with E-state index in [0.29, 0.717) is 0 Å². The third-order valence-corrected chi connectivity index (χ3v) is 1.57. The Morgan fingerprint density at radius 3 is 2.09 bits per heavy atom. The van der Waals surface area contributed by atoms with E-state index in [-0.39, 0.29) is 0 Å². The van der Waals surface area contributed by atoms with Crippen molar-refractivity contribution in [2.45, 2.75) is 12.0 Å². The molecule has 0 radical (unpaired) electrons. The van der Waals surface area contributed by atoms with Crippen LogP contribution in [0.1, 0.15) is 6.42 Å². The van der Waals surface area contributed by atoms with Gasteiger partial charge in [0.2, 0.25) is 0 Å². The lowest BCUT2D eigenvalue weighted by Crippen LogP contribution is -2.47. The van der Waals surface area contributed by atoms with Gasteiger partial charge in [0.05, 0.1) is 12.3 Å². The molecule has 0 aromatic heterocycles. The van der Waals surface area contributed by atoms with Crippen LogP contribution in [0.2, 0.25) is 0 Å². The number of carbonyl (C=O) groups excluding carboxylic acids is 1. The molecule has 0 aromatic rings. The van der Waals surface area contributed by atoms with Crippen LogP contribution >= 0.6 is 11.6 Å². The Hall–Kier alpha value is -0.810. The number of hydrogen-bond acceptors (Lipinski definition) is 3. The normalized spacial score (nSPS) is 15.5. The van der Waals surface area contributed by atoms with Gasteiger partial charge in [0.15, 0.2) is 5.60 Å². The van der Waals surface area contributed by atoms with Gasteiger partial charge < -0.3 is 15.9 Å². The number of nitrogens with two attached hydrogens (primary N) is 1. The lowest BCUT2D eigenvalue weighted by Gasteiger charge is -2.18. The van der Waals surface area contributed by atoms with Crippen molar-refractivity contribution in [2.24, 2.45) is 5.73 Å². The van der Waals surface area contributed by atoms with Crippen LogP contribution in [0.25, 0.3) is 0 Å². The quantitative estimate of drug-likeness (QED) is 0.480. The predicted octanol–water partition coefficient (Wildman–Crippen LogP) is -1.08. The van der Waals surface area contributed by atoms with Crippen LogP contribution in [0, 0.1) is 0 Å². The molecular weight excluding hydrogens is 174 g/mol. The van der Waals surface area contributed by atoms with Gasteiger partial charge in [0.25, 0.3) is 5.91 Å². The van der Waals surface area contributed by atoms with Gasteiger partial charge in [0.1, 0.15) is 0 Å². The zero-order valence-corrected chi connectivity index (χ0v) is 6.34. The Labute approximate surface area is 67.8 Å². The monoisotopic (exact) mass is 181 g/mol. The Morgan fingerprint density at radius 1 is 1.55 bits per heavy atom. The number of halogens is 1. The number of aliphatic hydroxyl groups is 1. The van der Waals surface area contributed by atoms with E-state index in [1.807, 2.05) is 0 Å². The molecule has 0 aliphatic rings. The van der Waals surface area contributed by atoms with Gasteiger partial charge in [-0.2, -0.15) is 0 Å². The van der Waals surface area contributed by atoms with Crippen molar-refractivity contribution in [1.29, 1.82) is 0 Å². The lowest BCUT2D eigenvalue weighted by molar-refractivity contribution is -0.148. The second-order valence-corrected chi connectivity index (χ2v) is 2.37. The zero-order chi connectivity index (χ0) is 9.07. The molecule has 0 aliphatic heterocycles. The number of carbonyl (C=O) groups is 2. The molecule has 0 saturated heterocycles. The Balaban J connectivity index is 4.34.